The van der Waals surface area contributed by atoms with Crippen LogP contribution in [0.15, 0.2) is 72.9 Å². The Balaban J connectivity index is 1.72. The second kappa shape index (κ2) is 9.32. The zero-order valence-corrected chi connectivity index (χ0v) is 21.1. The van der Waals surface area contributed by atoms with Gasteiger partial charge in [-0.25, -0.2) is 4.39 Å². The molecule has 5 nitrogen and oxygen atoms in total. The third-order valence-corrected chi connectivity index (χ3v) is 6.93. The van der Waals surface area contributed by atoms with Gasteiger partial charge in [-0.15, -0.1) is 0 Å². The Labute approximate surface area is 214 Å². The number of benzene rings is 2. The van der Waals surface area contributed by atoms with Crippen molar-refractivity contribution in [2.45, 2.75) is 25.9 Å². The summed E-state index contributed by atoms with van der Waals surface area (Å²) in [5.74, 6) is 0.365. The number of aryl methyl sites for hydroxylation is 1. The second-order valence-electron chi connectivity index (χ2n) is 8.43. The molecule has 1 saturated heterocycles. The number of pyridine rings is 1. The summed E-state index contributed by atoms with van der Waals surface area (Å²) in [5.41, 5.74) is 5.03. The van der Waals surface area contributed by atoms with Gasteiger partial charge in [0.15, 0.2) is 5.11 Å². The van der Waals surface area contributed by atoms with Crippen molar-refractivity contribution in [3.05, 3.63) is 106 Å². The molecular weight excluding hydrogens is 483 g/mol. The highest BCUT2D eigenvalue weighted by Crippen LogP contribution is 2.44. The molecule has 2 unspecified atom stereocenters. The molecule has 3 heterocycles. The van der Waals surface area contributed by atoms with E-state index in [9.17, 15) is 0 Å². The van der Waals surface area contributed by atoms with Crippen molar-refractivity contribution in [3.8, 4) is 11.4 Å². The van der Waals surface area contributed by atoms with E-state index in [0.29, 0.717) is 21.6 Å². The standard InChI is InChI=1S/C27H24ClFN4OS/c1-16-14-19(17(2)32(16)23-15-18(28)11-12-24(23)34-3)26-25(21-9-6-7-13-30-21)31-27(35)33(26)22-10-5-4-8-20(22)29/h4-15,25-26H,1-3H3,(H,31,35). The summed E-state index contributed by atoms with van der Waals surface area (Å²) in [7, 11) is 1.64. The minimum absolute atomic E-state index is 0.279. The lowest BCUT2D eigenvalue weighted by Crippen LogP contribution is -2.30. The fraction of sp³-hybridized carbons (Fsp3) is 0.185. The second-order valence-corrected chi connectivity index (χ2v) is 9.25. The van der Waals surface area contributed by atoms with E-state index in [4.69, 9.17) is 28.6 Å². The fourth-order valence-electron chi connectivity index (χ4n) is 4.87. The lowest BCUT2D eigenvalue weighted by Gasteiger charge is -2.28. The van der Waals surface area contributed by atoms with Crippen LogP contribution < -0.4 is 15.0 Å². The Hall–Kier alpha value is -3.42. The lowest BCUT2D eigenvalue weighted by atomic mass is 9.96. The molecule has 2 aromatic carbocycles. The largest absolute Gasteiger partial charge is 0.495 e. The summed E-state index contributed by atoms with van der Waals surface area (Å²) in [5, 5.41) is 4.45. The normalized spacial score (nSPS) is 17.5. The van der Waals surface area contributed by atoms with Crippen molar-refractivity contribution in [2.24, 2.45) is 0 Å². The molecule has 2 aromatic heterocycles. The Bertz CT molecular complexity index is 1410. The first-order valence-corrected chi connectivity index (χ1v) is 12.0. The van der Waals surface area contributed by atoms with Gasteiger partial charge in [0.1, 0.15) is 11.6 Å². The number of methoxy groups -OCH3 is 1. The maximum absolute atomic E-state index is 15.0. The van der Waals surface area contributed by atoms with Gasteiger partial charge in [-0.2, -0.15) is 0 Å². The number of nitrogens with one attached hydrogen (secondary N) is 1. The lowest BCUT2D eigenvalue weighted by molar-refractivity contribution is 0.412. The van der Waals surface area contributed by atoms with E-state index in [1.165, 1.54) is 6.07 Å². The molecule has 5 rings (SSSR count). The summed E-state index contributed by atoms with van der Waals surface area (Å²) in [4.78, 5) is 6.44. The number of hydrogen-bond donors (Lipinski definition) is 1. The van der Waals surface area contributed by atoms with Gasteiger partial charge in [-0.05, 0) is 80.2 Å². The van der Waals surface area contributed by atoms with Gasteiger partial charge in [0, 0.05) is 22.6 Å². The van der Waals surface area contributed by atoms with Gasteiger partial charge in [0.05, 0.1) is 36.3 Å². The van der Waals surface area contributed by atoms with E-state index in [1.54, 1.807) is 31.5 Å². The number of anilines is 1. The van der Waals surface area contributed by atoms with E-state index in [0.717, 1.165) is 28.3 Å². The van der Waals surface area contributed by atoms with Crippen LogP contribution in [0.2, 0.25) is 5.02 Å². The number of aromatic nitrogens is 2. The van der Waals surface area contributed by atoms with Crippen molar-refractivity contribution < 1.29 is 9.13 Å². The van der Waals surface area contributed by atoms with Gasteiger partial charge < -0.3 is 19.5 Å². The topological polar surface area (TPSA) is 42.3 Å². The monoisotopic (exact) mass is 506 g/mol. The van der Waals surface area contributed by atoms with Gasteiger partial charge in [-0.1, -0.05) is 29.8 Å². The average Bonchev–Trinajstić information content (AvgIpc) is 3.35. The zero-order chi connectivity index (χ0) is 24.7. The summed E-state index contributed by atoms with van der Waals surface area (Å²) in [6, 6.07) is 19.5. The molecule has 8 heteroatoms. The molecule has 0 spiro atoms. The quantitative estimate of drug-likeness (QED) is 0.314. The summed E-state index contributed by atoms with van der Waals surface area (Å²) >= 11 is 12.1. The van der Waals surface area contributed by atoms with Crippen molar-refractivity contribution >= 4 is 34.6 Å². The van der Waals surface area contributed by atoms with Crippen LogP contribution in [0.25, 0.3) is 5.69 Å². The third-order valence-electron chi connectivity index (χ3n) is 6.38. The zero-order valence-electron chi connectivity index (χ0n) is 19.5. The molecule has 1 N–H and O–H groups in total. The third kappa shape index (κ3) is 4.05. The minimum Gasteiger partial charge on any atom is -0.495 e. The van der Waals surface area contributed by atoms with Gasteiger partial charge in [0.25, 0.3) is 0 Å². The maximum atomic E-state index is 15.0. The van der Waals surface area contributed by atoms with Crippen molar-refractivity contribution in [3.63, 3.8) is 0 Å². The molecule has 0 saturated carbocycles. The van der Waals surface area contributed by atoms with E-state index >= 15 is 4.39 Å². The average molecular weight is 507 g/mol. The molecular formula is C27H24ClFN4OS. The number of para-hydroxylation sites is 1. The number of ether oxygens (including phenoxy) is 1. The Morgan fingerprint density at radius 2 is 1.80 bits per heavy atom. The van der Waals surface area contributed by atoms with Crippen LogP contribution >= 0.6 is 23.8 Å². The van der Waals surface area contributed by atoms with Crippen LogP contribution in [0, 0.1) is 19.7 Å². The fourth-order valence-corrected chi connectivity index (χ4v) is 5.38. The molecule has 2 atom stereocenters. The van der Waals surface area contributed by atoms with E-state index in [-0.39, 0.29) is 17.9 Å². The first-order valence-electron chi connectivity index (χ1n) is 11.2. The molecule has 0 bridgehead atoms. The number of nitrogens with zero attached hydrogens (tertiary/aromatic N) is 3. The highest BCUT2D eigenvalue weighted by Gasteiger charge is 2.43. The summed E-state index contributed by atoms with van der Waals surface area (Å²) < 4.78 is 22.8. The molecule has 1 aliphatic rings. The predicted octanol–water partition coefficient (Wildman–Crippen LogP) is 6.47. The molecule has 1 aliphatic heterocycles. The van der Waals surface area contributed by atoms with Crippen molar-refractivity contribution in [1.29, 1.82) is 0 Å². The van der Waals surface area contributed by atoms with Gasteiger partial charge in [-0.3, -0.25) is 4.98 Å². The molecule has 4 aromatic rings. The van der Waals surface area contributed by atoms with Gasteiger partial charge in [0.2, 0.25) is 0 Å². The Morgan fingerprint density at radius 1 is 1.03 bits per heavy atom. The number of hydrogen-bond acceptors (Lipinski definition) is 3. The number of rotatable bonds is 5. The SMILES string of the molecule is COc1ccc(Cl)cc1-n1c(C)cc(C2C(c3ccccn3)NC(=S)N2c2ccccc2F)c1C. The van der Waals surface area contributed by atoms with Crippen LogP contribution in [0.3, 0.4) is 0 Å². The maximum Gasteiger partial charge on any atom is 0.174 e. The van der Waals surface area contributed by atoms with E-state index in [1.807, 2.05) is 55.1 Å². The first-order chi connectivity index (χ1) is 16.9. The van der Waals surface area contributed by atoms with Crippen molar-refractivity contribution in [1.82, 2.24) is 14.9 Å². The molecule has 1 fully saturated rings. The summed E-state index contributed by atoms with van der Waals surface area (Å²) in [6.07, 6.45) is 1.75. The highest BCUT2D eigenvalue weighted by molar-refractivity contribution is 7.80. The summed E-state index contributed by atoms with van der Waals surface area (Å²) in [6.45, 7) is 4.07. The van der Waals surface area contributed by atoms with E-state index in [2.05, 4.69) is 20.9 Å². The van der Waals surface area contributed by atoms with Crippen LogP contribution in [-0.4, -0.2) is 21.8 Å². The molecule has 35 heavy (non-hydrogen) atoms. The van der Waals surface area contributed by atoms with Gasteiger partial charge >= 0.3 is 0 Å². The number of halogens is 2. The minimum atomic E-state index is -0.339. The van der Waals surface area contributed by atoms with Crippen LogP contribution in [0.5, 0.6) is 5.75 Å². The van der Waals surface area contributed by atoms with Crippen LogP contribution in [-0.2, 0) is 0 Å². The molecule has 178 valence electrons. The van der Waals surface area contributed by atoms with Crippen LogP contribution in [0.1, 0.15) is 34.7 Å². The van der Waals surface area contributed by atoms with Crippen molar-refractivity contribution in [2.75, 3.05) is 12.0 Å². The van der Waals surface area contributed by atoms with E-state index < -0.39 is 0 Å². The smallest absolute Gasteiger partial charge is 0.174 e. The molecule has 0 amide bonds. The molecule has 0 aliphatic carbocycles. The number of thiocarbonyl (C=S) groups is 1. The van der Waals surface area contributed by atoms with Crippen LogP contribution in [0.4, 0.5) is 10.1 Å². The Morgan fingerprint density at radius 3 is 2.51 bits per heavy atom. The predicted molar refractivity (Wildman–Crippen MR) is 141 cm³/mol. The first kappa shape index (κ1) is 23.3. The Kier molecular flexibility index (Phi) is 6.21. The highest BCUT2D eigenvalue weighted by atomic mass is 35.5. The molecule has 0 radical (unpaired) electrons.